The second-order valence-corrected chi connectivity index (χ2v) is 28.5. The number of carbonyl (C=O) groups excluding carboxylic acids is 7. The fourth-order valence-corrected chi connectivity index (χ4v) is 21.3. The van der Waals surface area contributed by atoms with Gasteiger partial charge in [0.1, 0.15) is 35.8 Å². The zero-order valence-corrected chi connectivity index (χ0v) is 47.9. The van der Waals surface area contributed by atoms with E-state index in [4.69, 9.17) is 0 Å². The Bertz CT molecular complexity index is 2770. The second kappa shape index (κ2) is 19.6. The van der Waals surface area contributed by atoms with Crippen molar-refractivity contribution in [3.63, 3.8) is 0 Å². The Morgan fingerprint density at radius 1 is 0.582 bits per heavy atom. The number of hydrogen-bond acceptors (Lipinski definition) is 15. The summed E-state index contributed by atoms with van der Waals surface area (Å²) in [5.41, 5.74) is -7.51. The van der Waals surface area contributed by atoms with Gasteiger partial charge in [0.15, 0.2) is 40.4 Å². The van der Waals surface area contributed by atoms with Crippen LogP contribution in [-0.4, -0.2) is 130 Å². The SMILES string of the molecule is C[C@]12C=CC(=O)C=C1CC[C@H]1[C@@H]3CC[C@](O)(C(=O)CO)[C@@]3(C)C[C@H](O)[C@@]12F.C[C@]12CCC(=O)C=C1CC[C@@H]1[C@@H]2C(=O)C[C@@]2(C)[C@H]1CC[C@]2(O)C(=O)CO.C[C@]12CCC(=O)C=C1CC[C@@H]1[C@@H]2[C@@H](O)C[C@@]2(C)[C@H]1CC[C@]2(O)C(=O)CS. The van der Waals surface area contributed by atoms with E-state index in [9.17, 15) is 69.3 Å². The minimum Gasteiger partial charge on any atom is -0.393 e. The number of ketones is 7. The molecule has 9 saturated carbocycles. The van der Waals surface area contributed by atoms with Gasteiger partial charge in [-0.15, -0.1) is 0 Å². The summed E-state index contributed by atoms with van der Waals surface area (Å²) in [6.45, 7) is 10.2. The van der Waals surface area contributed by atoms with Gasteiger partial charge < -0.3 is 35.7 Å². The van der Waals surface area contributed by atoms with Crippen molar-refractivity contribution in [1.82, 2.24) is 0 Å². The lowest BCUT2D eigenvalue weighted by molar-refractivity contribution is -0.217. The molecule has 0 saturated heterocycles. The first kappa shape index (κ1) is 58.8. The fourth-order valence-electron chi connectivity index (χ4n) is 21.1. The van der Waals surface area contributed by atoms with Crippen LogP contribution in [0.2, 0.25) is 0 Å². The minimum atomic E-state index is -1.97. The van der Waals surface area contributed by atoms with Crippen LogP contribution < -0.4 is 0 Å². The van der Waals surface area contributed by atoms with Crippen molar-refractivity contribution in [3.05, 3.63) is 47.1 Å². The van der Waals surface area contributed by atoms with E-state index >= 15 is 4.39 Å². The van der Waals surface area contributed by atoms with Crippen molar-refractivity contribution < 1.29 is 73.7 Å². The number of aliphatic hydroxyl groups is 7. The molecule has 12 aliphatic rings. The van der Waals surface area contributed by atoms with Crippen LogP contribution in [0.1, 0.15) is 164 Å². The topological polar surface area (TPSA) is 261 Å². The molecule has 20 atom stereocenters. The van der Waals surface area contributed by atoms with Crippen LogP contribution >= 0.6 is 12.6 Å². The van der Waals surface area contributed by atoms with Crippen LogP contribution in [0.15, 0.2) is 47.1 Å². The lowest BCUT2D eigenvalue weighted by Crippen LogP contribution is -2.69. The van der Waals surface area contributed by atoms with Crippen LogP contribution in [-0.2, 0) is 33.6 Å². The highest BCUT2D eigenvalue weighted by Gasteiger charge is 2.75. The fraction of sp³-hybridized carbons (Fsp3) is 0.762. The van der Waals surface area contributed by atoms with E-state index in [1.54, 1.807) is 26.0 Å². The first-order valence-corrected chi connectivity index (χ1v) is 30.1. The summed E-state index contributed by atoms with van der Waals surface area (Å²) in [4.78, 5) is 86.1. The molecule has 0 radical (unpaired) electrons. The maximum Gasteiger partial charge on any atom is 0.190 e. The predicted octanol–water partition coefficient (Wildman–Crippen LogP) is 6.36. The molecule has 0 aromatic rings. The zero-order valence-electron chi connectivity index (χ0n) is 47.0. The second-order valence-electron chi connectivity index (χ2n) is 28.2. The smallest absolute Gasteiger partial charge is 0.190 e. The molecular weight excluding hydrogens is 1030 g/mol. The molecular formula is C63H85FO14S. The number of allylic oxidation sites excluding steroid dienone is 6. The van der Waals surface area contributed by atoms with E-state index < -0.39 is 87.0 Å². The average Bonchev–Trinajstić information content (AvgIpc) is 4.17. The Labute approximate surface area is 469 Å². The van der Waals surface area contributed by atoms with E-state index in [1.807, 2.05) is 19.9 Å². The molecule has 0 bridgehead atoms. The van der Waals surface area contributed by atoms with E-state index in [-0.39, 0.29) is 100 Å². The normalized spacial score (nSPS) is 49.8. The standard InChI is InChI=1S/C21H27FO5.C21H28O5.C21H30O4S/c1-18-7-5-13(24)9-12(18)3-4-15-14-6-8-20(27,17(26)11-23)19(14,2)10-16(25)21(15,18)22;1-19-7-5-13(23)9-12(19)3-4-14-15-6-8-21(26,17(25)11-22)20(15,2)10-16(24)18(14)19;1-19-7-5-13(22)9-12(19)3-4-14-15-6-8-21(25,17(24)11-26)20(15,2)10-16(23)18(14)19/h5,7,9,14-16,23,25,27H,3-4,6,8,10-11H2,1-2H3;9,14-15,18,22,26H,3-8,10-11H2,1-2H3;9,14-16,18,23,25-26H,3-8,10-11H2,1-2H3/t14-,15-,16-,18-,19-,20-,21-;14-,15-,18+,19-,20-,21-;14-,15-,16-,18+,19-,20-,21-/m000/s1. The van der Waals surface area contributed by atoms with Crippen molar-refractivity contribution in [2.24, 2.45) is 79.8 Å². The van der Waals surface area contributed by atoms with Gasteiger partial charge in [0.2, 0.25) is 0 Å². The van der Waals surface area contributed by atoms with Gasteiger partial charge >= 0.3 is 0 Å². The summed E-state index contributed by atoms with van der Waals surface area (Å²) in [5.74, 6) is -1.13. The van der Waals surface area contributed by atoms with Crippen LogP contribution in [0, 0.1) is 79.8 Å². The van der Waals surface area contributed by atoms with Gasteiger partial charge in [0.05, 0.1) is 18.0 Å². The van der Waals surface area contributed by atoms with Crippen LogP contribution in [0.5, 0.6) is 0 Å². The predicted molar refractivity (Wildman–Crippen MR) is 291 cm³/mol. The Kier molecular flexibility index (Phi) is 14.6. The summed E-state index contributed by atoms with van der Waals surface area (Å²) in [5, 5.41) is 74.5. The highest BCUT2D eigenvalue weighted by molar-refractivity contribution is 7.81. The van der Waals surface area contributed by atoms with Gasteiger partial charge in [0.25, 0.3) is 0 Å². The van der Waals surface area contributed by atoms with Crippen molar-refractivity contribution in [2.75, 3.05) is 19.0 Å². The number of carbonyl (C=O) groups is 7. The largest absolute Gasteiger partial charge is 0.393 e. The van der Waals surface area contributed by atoms with E-state index in [0.717, 1.165) is 44.1 Å². The minimum absolute atomic E-state index is 0.0374. The molecule has 0 heterocycles. The Morgan fingerprint density at radius 3 is 1.66 bits per heavy atom. The number of fused-ring (bicyclic) bond motifs is 15. The number of halogens is 1. The van der Waals surface area contributed by atoms with Gasteiger partial charge in [-0.3, -0.25) is 33.6 Å². The molecule has 0 amide bonds. The first-order valence-electron chi connectivity index (χ1n) is 29.5. The molecule has 12 aliphatic carbocycles. The number of rotatable bonds is 6. The molecule has 7 N–H and O–H groups in total. The number of aliphatic hydroxyl groups excluding tert-OH is 4. The highest BCUT2D eigenvalue weighted by Crippen LogP contribution is 2.72. The summed E-state index contributed by atoms with van der Waals surface area (Å²) in [7, 11) is 0. The van der Waals surface area contributed by atoms with Crippen LogP contribution in [0.3, 0.4) is 0 Å². The number of Topliss-reactive ketones (excluding diaryl/α,β-unsaturated/α-hetero) is 4. The molecule has 0 aliphatic heterocycles. The van der Waals surface area contributed by atoms with Crippen LogP contribution in [0.4, 0.5) is 4.39 Å². The molecule has 16 heteroatoms. The van der Waals surface area contributed by atoms with Crippen molar-refractivity contribution in [2.45, 2.75) is 198 Å². The molecule has 9 fully saturated rings. The maximum absolute atomic E-state index is 16.7. The maximum atomic E-state index is 16.7. The Hall–Kier alpha value is -3.35. The first-order chi connectivity index (χ1) is 36.9. The third kappa shape index (κ3) is 7.95. The van der Waals surface area contributed by atoms with Gasteiger partial charge in [-0.05, 0) is 180 Å². The highest BCUT2D eigenvalue weighted by atomic mass is 32.1. The van der Waals surface area contributed by atoms with Crippen LogP contribution in [0.25, 0.3) is 0 Å². The molecule has 14 nitrogen and oxygen atoms in total. The van der Waals surface area contributed by atoms with Crippen molar-refractivity contribution in [3.8, 4) is 0 Å². The summed E-state index contributed by atoms with van der Waals surface area (Å²) >= 11 is 4.13. The van der Waals surface area contributed by atoms with E-state index in [1.165, 1.54) is 17.7 Å². The van der Waals surface area contributed by atoms with Crippen molar-refractivity contribution >= 4 is 53.1 Å². The van der Waals surface area contributed by atoms with Gasteiger partial charge in [-0.25, -0.2) is 4.39 Å². The molecule has 0 spiro atoms. The molecule has 79 heavy (non-hydrogen) atoms. The third-order valence-corrected chi connectivity index (χ3v) is 25.7. The Balaban J connectivity index is 0.000000134. The van der Waals surface area contributed by atoms with Gasteiger partial charge in [-0.1, -0.05) is 57.4 Å². The molecule has 434 valence electrons. The third-order valence-electron chi connectivity index (χ3n) is 25.5. The summed E-state index contributed by atoms with van der Waals surface area (Å²) in [6.07, 6.45) is 16.7. The molecule has 12 rings (SSSR count). The lowest BCUT2D eigenvalue weighted by Gasteiger charge is -2.62. The van der Waals surface area contributed by atoms with Gasteiger partial charge in [0, 0.05) is 52.8 Å². The van der Waals surface area contributed by atoms with Crippen molar-refractivity contribution in [1.29, 1.82) is 0 Å². The molecule has 0 unspecified atom stereocenters. The van der Waals surface area contributed by atoms with E-state index in [2.05, 4.69) is 26.5 Å². The number of alkyl halides is 1. The quantitative estimate of drug-likeness (QED) is 0.135. The van der Waals surface area contributed by atoms with E-state index in [0.29, 0.717) is 75.7 Å². The number of hydrogen-bond donors (Lipinski definition) is 8. The van der Waals surface area contributed by atoms with Gasteiger partial charge in [-0.2, -0.15) is 12.6 Å². The number of thiol groups is 1. The Morgan fingerprint density at radius 2 is 1.08 bits per heavy atom. The monoisotopic (exact) mass is 1120 g/mol. The summed E-state index contributed by atoms with van der Waals surface area (Å²) in [6, 6.07) is 0. The lowest BCUT2D eigenvalue weighted by atomic mass is 9.44. The average molecular weight is 1120 g/mol. The summed E-state index contributed by atoms with van der Waals surface area (Å²) < 4.78 is 16.7. The molecule has 0 aromatic carbocycles. The zero-order chi connectivity index (χ0) is 57.6. The molecule has 0 aromatic heterocycles.